The SMILES string of the molecule is O=C(Nc1cnn(-c2ncc(Cl)cc2Cl)c1)N1CCCCO1. The van der Waals surface area contributed by atoms with Gasteiger partial charge in [0.2, 0.25) is 0 Å². The zero-order valence-corrected chi connectivity index (χ0v) is 13.0. The Labute approximate surface area is 136 Å². The average Bonchev–Trinajstić information content (AvgIpc) is 2.96. The van der Waals surface area contributed by atoms with E-state index in [1.165, 1.54) is 22.1 Å². The van der Waals surface area contributed by atoms with Gasteiger partial charge in [0, 0.05) is 6.20 Å². The molecule has 0 spiro atoms. The second-order valence-electron chi connectivity index (χ2n) is 4.71. The lowest BCUT2D eigenvalue weighted by Crippen LogP contribution is -2.38. The molecule has 0 bridgehead atoms. The highest BCUT2D eigenvalue weighted by atomic mass is 35.5. The molecule has 0 aromatic carbocycles. The third-order valence-electron chi connectivity index (χ3n) is 3.07. The molecule has 3 rings (SSSR count). The number of halogens is 2. The molecular formula is C13H13Cl2N5O2. The summed E-state index contributed by atoms with van der Waals surface area (Å²) < 4.78 is 1.46. The number of carbonyl (C=O) groups excluding carboxylic acids is 1. The molecule has 0 radical (unpaired) electrons. The van der Waals surface area contributed by atoms with Crippen molar-refractivity contribution in [3.05, 3.63) is 34.7 Å². The van der Waals surface area contributed by atoms with Crippen molar-refractivity contribution in [1.82, 2.24) is 19.8 Å². The number of nitrogens with one attached hydrogen (secondary N) is 1. The molecular weight excluding hydrogens is 329 g/mol. The summed E-state index contributed by atoms with van der Waals surface area (Å²) >= 11 is 11.9. The summed E-state index contributed by atoms with van der Waals surface area (Å²) in [5.74, 6) is 0.431. The minimum atomic E-state index is -0.325. The molecule has 1 saturated heterocycles. The van der Waals surface area contributed by atoms with Gasteiger partial charge >= 0.3 is 6.03 Å². The number of hydrogen-bond donors (Lipinski definition) is 1. The van der Waals surface area contributed by atoms with Crippen molar-refractivity contribution in [1.29, 1.82) is 0 Å². The maximum atomic E-state index is 12.0. The molecule has 1 aliphatic rings. The topological polar surface area (TPSA) is 72.3 Å². The summed E-state index contributed by atoms with van der Waals surface area (Å²) in [6.45, 7) is 1.13. The molecule has 0 saturated carbocycles. The molecule has 9 heteroatoms. The molecule has 0 unspecified atom stereocenters. The lowest BCUT2D eigenvalue weighted by molar-refractivity contribution is -0.135. The largest absolute Gasteiger partial charge is 0.345 e. The molecule has 3 heterocycles. The van der Waals surface area contributed by atoms with E-state index in [0.717, 1.165) is 12.8 Å². The minimum Gasteiger partial charge on any atom is -0.303 e. The predicted octanol–water partition coefficient (Wildman–Crippen LogP) is 3.13. The number of anilines is 1. The molecule has 7 nitrogen and oxygen atoms in total. The van der Waals surface area contributed by atoms with Crippen LogP contribution in [-0.4, -0.2) is 39.0 Å². The Kier molecular flexibility index (Phi) is 4.47. The number of hydrogen-bond acceptors (Lipinski definition) is 4. The fourth-order valence-electron chi connectivity index (χ4n) is 2.02. The number of nitrogens with zero attached hydrogens (tertiary/aromatic N) is 4. The summed E-state index contributed by atoms with van der Waals surface area (Å²) in [5.41, 5.74) is 0.520. The number of aromatic nitrogens is 3. The minimum absolute atomic E-state index is 0.325. The summed E-state index contributed by atoms with van der Waals surface area (Å²) in [6.07, 6.45) is 6.49. The molecule has 1 fully saturated rings. The lowest BCUT2D eigenvalue weighted by atomic mass is 10.3. The van der Waals surface area contributed by atoms with Crippen LogP contribution in [0.3, 0.4) is 0 Å². The first-order valence-corrected chi connectivity index (χ1v) is 7.46. The van der Waals surface area contributed by atoms with E-state index in [4.69, 9.17) is 28.0 Å². The van der Waals surface area contributed by atoms with Crippen LogP contribution in [-0.2, 0) is 4.84 Å². The number of hydroxylamine groups is 2. The first kappa shape index (κ1) is 15.1. The molecule has 0 aliphatic carbocycles. The van der Waals surface area contributed by atoms with Crippen LogP contribution in [0.4, 0.5) is 10.5 Å². The number of urea groups is 1. The van der Waals surface area contributed by atoms with E-state index in [-0.39, 0.29) is 6.03 Å². The second-order valence-corrected chi connectivity index (χ2v) is 5.55. The standard InChI is InChI=1S/C13H13Cl2N5O2/c14-9-5-11(15)12(16-6-9)19-8-10(7-17-19)18-13(21)20-3-1-2-4-22-20/h5-8H,1-4H2,(H,18,21). The molecule has 2 aromatic heterocycles. The van der Waals surface area contributed by atoms with Crippen molar-refractivity contribution in [2.45, 2.75) is 12.8 Å². The van der Waals surface area contributed by atoms with E-state index >= 15 is 0 Å². The summed E-state index contributed by atoms with van der Waals surface area (Å²) in [5, 5.41) is 8.97. The van der Waals surface area contributed by atoms with Crippen LogP contribution in [0.15, 0.2) is 24.7 Å². The average molecular weight is 342 g/mol. The third kappa shape index (κ3) is 3.32. The predicted molar refractivity (Wildman–Crippen MR) is 82.3 cm³/mol. The van der Waals surface area contributed by atoms with Crippen molar-refractivity contribution in [2.75, 3.05) is 18.5 Å². The van der Waals surface area contributed by atoms with E-state index in [1.54, 1.807) is 12.3 Å². The molecule has 2 amide bonds. The first-order valence-electron chi connectivity index (χ1n) is 6.71. The molecule has 2 aromatic rings. The van der Waals surface area contributed by atoms with Gasteiger partial charge in [0.25, 0.3) is 0 Å². The van der Waals surface area contributed by atoms with E-state index in [9.17, 15) is 4.79 Å². The number of pyridine rings is 1. The maximum Gasteiger partial charge on any atom is 0.345 e. The Bertz CT molecular complexity index is 685. The van der Waals surface area contributed by atoms with Crippen molar-refractivity contribution in [3.63, 3.8) is 0 Å². The highest BCUT2D eigenvalue weighted by Crippen LogP contribution is 2.22. The van der Waals surface area contributed by atoms with E-state index in [2.05, 4.69) is 15.4 Å². The van der Waals surface area contributed by atoms with Gasteiger partial charge in [-0.05, 0) is 18.9 Å². The van der Waals surface area contributed by atoms with Gasteiger partial charge in [0.15, 0.2) is 5.82 Å². The van der Waals surface area contributed by atoms with Gasteiger partial charge in [0.1, 0.15) is 0 Å². The Morgan fingerprint density at radius 2 is 2.18 bits per heavy atom. The zero-order valence-electron chi connectivity index (χ0n) is 11.5. The number of carbonyl (C=O) groups is 1. The fourth-order valence-corrected chi connectivity index (χ4v) is 2.49. The lowest BCUT2D eigenvalue weighted by Gasteiger charge is -2.25. The molecule has 116 valence electrons. The molecule has 1 N–H and O–H groups in total. The first-order chi connectivity index (χ1) is 10.6. The van der Waals surface area contributed by atoms with Crippen LogP contribution in [0.25, 0.3) is 5.82 Å². The van der Waals surface area contributed by atoms with Crippen LogP contribution in [0.5, 0.6) is 0 Å². The van der Waals surface area contributed by atoms with Gasteiger partial charge in [-0.2, -0.15) is 5.10 Å². The molecule has 22 heavy (non-hydrogen) atoms. The van der Waals surface area contributed by atoms with Gasteiger partial charge in [-0.25, -0.2) is 19.5 Å². The van der Waals surface area contributed by atoms with Gasteiger partial charge in [-0.3, -0.25) is 4.84 Å². The fraction of sp³-hybridized carbons (Fsp3) is 0.308. The van der Waals surface area contributed by atoms with Gasteiger partial charge < -0.3 is 5.32 Å². The van der Waals surface area contributed by atoms with Crippen LogP contribution in [0, 0.1) is 0 Å². The van der Waals surface area contributed by atoms with Crippen LogP contribution in [0.2, 0.25) is 10.0 Å². The van der Waals surface area contributed by atoms with E-state index in [1.807, 2.05) is 0 Å². The molecule has 0 atom stereocenters. The van der Waals surface area contributed by atoms with Crippen LogP contribution < -0.4 is 5.32 Å². The third-order valence-corrected chi connectivity index (χ3v) is 3.55. The summed E-state index contributed by atoms with van der Waals surface area (Å²) in [7, 11) is 0. The van der Waals surface area contributed by atoms with E-state index in [0.29, 0.717) is 34.7 Å². The molecule has 1 aliphatic heterocycles. The number of rotatable bonds is 2. The normalized spacial score (nSPS) is 14.9. The van der Waals surface area contributed by atoms with Gasteiger partial charge in [-0.1, -0.05) is 23.2 Å². The maximum absolute atomic E-state index is 12.0. The van der Waals surface area contributed by atoms with Crippen LogP contribution in [0.1, 0.15) is 12.8 Å². The van der Waals surface area contributed by atoms with Crippen molar-refractivity contribution in [2.24, 2.45) is 0 Å². The monoisotopic (exact) mass is 341 g/mol. The quantitative estimate of drug-likeness (QED) is 0.910. The van der Waals surface area contributed by atoms with Crippen molar-refractivity contribution >= 4 is 34.9 Å². The smallest absolute Gasteiger partial charge is 0.303 e. The Hall–Kier alpha value is -1.83. The second kappa shape index (κ2) is 6.51. The van der Waals surface area contributed by atoms with E-state index < -0.39 is 0 Å². The Morgan fingerprint density at radius 3 is 2.91 bits per heavy atom. The highest BCUT2D eigenvalue weighted by molar-refractivity contribution is 6.35. The summed E-state index contributed by atoms with van der Waals surface area (Å²) in [4.78, 5) is 21.4. The Balaban J connectivity index is 1.72. The van der Waals surface area contributed by atoms with Gasteiger partial charge in [-0.15, -0.1) is 0 Å². The van der Waals surface area contributed by atoms with Crippen molar-refractivity contribution < 1.29 is 9.63 Å². The zero-order chi connectivity index (χ0) is 15.5. The van der Waals surface area contributed by atoms with Crippen LogP contribution >= 0.6 is 23.2 Å². The number of amides is 2. The van der Waals surface area contributed by atoms with Crippen molar-refractivity contribution in [3.8, 4) is 5.82 Å². The highest BCUT2D eigenvalue weighted by Gasteiger charge is 2.18. The summed E-state index contributed by atoms with van der Waals surface area (Å²) in [6, 6.07) is 1.25. The Morgan fingerprint density at radius 1 is 1.32 bits per heavy atom. The van der Waals surface area contributed by atoms with Gasteiger partial charge in [0.05, 0.1) is 41.3 Å².